The third-order valence-corrected chi connectivity index (χ3v) is 3.20. The van der Waals surface area contributed by atoms with Crippen LogP contribution >= 0.6 is 0 Å². The molecule has 0 atom stereocenters. The van der Waals surface area contributed by atoms with Crippen LogP contribution in [-0.2, 0) is 32.3 Å². The second-order valence-electron chi connectivity index (χ2n) is 4.83. The number of esters is 2. The minimum atomic E-state index is -1.04. The van der Waals surface area contributed by atoms with Gasteiger partial charge in [0.25, 0.3) is 0 Å². The zero-order valence-corrected chi connectivity index (χ0v) is 13.5. The first-order valence-corrected chi connectivity index (χ1v) is 7.22. The molecule has 24 heavy (non-hydrogen) atoms. The van der Waals surface area contributed by atoms with Gasteiger partial charge in [-0.3, -0.25) is 0 Å². The second kappa shape index (κ2) is 8.57. The molecule has 0 saturated heterocycles. The van der Waals surface area contributed by atoms with Crippen LogP contribution in [0.2, 0.25) is 0 Å². The number of ether oxygens (including phenoxy) is 4. The van der Waals surface area contributed by atoms with Crippen LogP contribution in [-0.4, -0.2) is 26.2 Å². The van der Waals surface area contributed by atoms with E-state index in [4.69, 9.17) is 18.9 Å². The highest BCUT2D eigenvalue weighted by atomic mass is 16.6. The molecular formula is C18H18O6. The second-order valence-corrected chi connectivity index (χ2v) is 4.83. The Morgan fingerprint density at radius 2 is 1.33 bits per heavy atom. The lowest BCUT2D eigenvalue weighted by Crippen LogP contribution is -2.20. The minimum absolute atomic E-state index is 0.0190. The van der Waals surface area contributed by atoms with Crippen molar-refractivity contribution in [3.63, 3.8) is 0 Å². The average Bonchev–Trinajstić information content (AvgIpc) is 2.64. The molecule has 0 aromatic heterocycles. The summed E-state index contributed by atoms with van der Waals surface area (Å²) in [5.74, 6) is -0.993. The first-order chi connectivity index (χ1) is 11.6. The van der Waals surface area contributed by atoms with E-state index >= 15 is 0 Å². The topological polar surface area (TPSA) is 71.1 Å². The Bertz CT molecular complexity index is 696. The molecule has 0 unspecified atom stereocenters. The van der Waals surface area contributed by atoms with Crippen molar-refractivity contribution >= 4 is 11.9 Å². The predicted octanol–water partition coefficient (Wildman–Crippen LogP) is 2.49. The Kier molecular flexibility index (Phi) is 6.19. The summed E-state index contributed by atoms with van der Waals surface area (Å²) >= 11 is 0. The van der Waals surface area contributed by atoms with Crippen molar-refractivity contribution < 1.29 is 28.5 Å². The molecule has 0 radical (unpaired) electrons. The Morgan fingerprint density at radius 3 is 1.92 bits per heavy atom. The molecule has 0 saturated carbocycles. The molecule has 6 nitrogen and oxygen atoms in total. The average molecular weight is 330 g/mol. The van der Waals surface area contributed by atoms with Gasteiger partial charge in [0.15, 0.2) is 11.5 Å². The van der Waals surface area contributed by atoms with Crippen LogP contribution in [0.15, 0.2) is 48.5 Å². The quantitative estimate of drug-likeness (QED) is 0.599. The van der Waals surface area contributed by atoms with E-state index in [9.17, 15) is 9.59 Å². The van der Waals surface area contributed by atoms with E-state index in [1.165, 1.54) is 14.2 Å². The van der Waals surface area contributed by atoms with Gasteiger partial charge in [-0.05, 0) is 23.3 Å². The molecule has 0 aliphatic heterocycles. The number of hydrogen-bond acceptors (Lipinski definition) is 6. The number of carbonyl (C=O) groups is 2. The van der Waals surface area contributed by atoms with Gasteiger partial charge in [-0.25, -0.2) is 9.59 Å². The number of methoxy groups -OCH3 is 2. The van der Waals surface area contributed by atoms with Crippen LogP contribution in [0, 0.1) is 0 Å². The van der Waals surface area contributed by atoms with Gasteiger partial charge >= 0.3 is 11.9 Å². The molecule has 0 spiro atoms. The van der Waals surface area contributed by atoms with Gasteiger partial charge in [0, 0.05) is 0 Å². The van der Waals surface area contributed by atoms with Crippen molar-refractivity contribution in [2.45, 2.75) is 13.2 Å². The van der Waals surface area contributed by atoms with E-state index in [1.807, 2.05) is 18.2 Å². The molecular weight excluding hydrogens is 312 g/mol. The normalized spacial score (nSPS) is 9.92. The van der Waals surface area contributed by atoms with Crippen LogP contribution < -0.4 is 9.47 Å². The zero-order chi connectivity index (χ0) is 17.4. The molecule has 0 aliphatic rings. The summed E-state index contributed by atoms with van der Waals surface area (Å²) in [4.78, 5) is 23.3. The van der Waals surface area contributed by atoms with Gasteiger partial charge in [-0.1, -0.05) is 36.4 Å². The first kappa shape index (κ1) is 17.3. The summed E-state index contributed by atoms with van der Waals surface area (Å²) in [7, 11) is 3.04. The van der Waals surface area contributed by atoms with Crippen molar-refractivity contribution in [2.75, 3.05) is 14.2 Å². The minimum Gasteiger partial charge on any atom is -0.493 e. The standard InChI is InChI=1S/C18H18O6/c1-21-15-9-8-14(10-16(15)22-2)12-24-18(20)17(19)23-11-13-6-4-3-5-7-13/h3-10H,11-12H2,1-2H3. The lowest BCUT2D eigenvalue weighted by atomic mass is 10.2. The van der Waals surface area contributed by atoms with Crippen LogP contribution in [0.5, 0.6) is 11.5 Å². The largest absolute Gasteiger partial charge is 0.493 e. The van der Waals surface area contributed by atoms with Crippen molar-refractivity contribution in [1.82, 2.24) is 0 Å². The lowest BCUT2D eigenvalue weighted by Gasteiger charge is -2.10. The highest BCUT2D eigenvalue weighted by Crippen LogP contribution is 2.27. The Balaban J connectivity index is 1.85. The van der Waals surface area contributed by atoms with Crippen LogP contribution in [0.1, 0.15) is 11.1 Å². The first-order valence-electron chi connectivity index (χ1n) is 7.22. The summed E-state index contributed by atoms with van der Waals surface area (Å²) in [5.41, 5.74) is 1.45. The molecule has 0 heterocycles. The summed E-state index contributed by atoms with van der Waals surface area (Å²) in [6.07, 6.45) is 0. The van der Waals surface area contributed by atoms with E-state index in [1.54, 1.807) is 30.3 Å². The van der Waals surface area contributed by atoms with Gasteiger partial charge in [-0.2, -0.15) is 0 Å². The van der Waals surface area contributed by atoms with Crippen molar-refractivity contribution in [3.05, 3.63) is 59.7 Å². The van der Waals surface area contributed by atoms with E-state index in [2.05, 4.69) is 0 Å². The monoisotopic (exact) mass is 330 g/mol. The van der Waals surface area contributed by atoms with E-state index in [0.717, 1.165) is 5.56 Å². The molecule has 0 amide bonds. The van der Waals surface area contributed by atoms with Crippen molar-refractivity contribution in [2.24, 2.45) is 0 Å². The maximum Gasteiger partial charge on any atom is 0.417 e. The summed E-state index contributed by atoms with van der Waals surface area (Å²) < 4.78 is 20.1. The van der Waals surface area contributed by atoms with Gasteiger partial charge in [0.2, 0.25) is 0 Å². The SMILES string of the molecule is COc1ccc(COC(=O)C(=O)OCc2ccccc2)cc1OC. The molecule has 2 rings (SSSR count). The fourth-order valence-electron chi connectivity index (χ4n) is 1.96. The molecule has 0 N–H and O–H groups in total. The van der Waals surface area contributed by atoms with E-state index in [0.29, 0.717) is 17.1 Å². The molecule has 0 bridgehead atoms. The van der Waals surface area contributed by atoms with Crippen LogP contribution in [0.25, 0.3) is 0 Å². The number of benzene rings is 2. The third-order valence-electron chi connectivity index (χ3n) is 3.20. The maximum atomic E-state index is 11.7. The van der Waals surface area contributed by atoms with Gasteiger partial charge in [0.05, 0.1) is 14.2 Å². The Morgan fingerprint density at radius 1 is 0.750 bits per heavy atom. The van der Waals surface area contributed by atoms with Crippen LogP contribution in [0.4, 0.5) is 0 Å². The van der Waals surface area contributed by atoms with E-state index in [-0.39, 0.29) is 13.2 Å². The van der Waals surface area contributed by atoms with Gasteiger partial charge < -0.3 is 18.9 Å². The highest BCUT2D eigenvalue weighted by Gasteiger charge is 2.18. The molecule has 0 fully saturated rings. The van der Waals surface area contributed by atoms with Gasteiger partial charge in [-0.15, -0.1) is 0 Å². The summed E-state index contributed by atoms with van der Waals surface area (Å²) in [6, 6.07) is 14.1. The molecule has 2 aromatic rings. The van der Waals surface area contributed by atoms with Crippen molar-refractivity contribution in [1.29, 1.82) is 0 Å². The van der Waals surface area contributed by atoms with E-state index < -0.39 is 11.9 Å². The smallest absolute Gasteiger partial charge is 0.417 e. The number of hydrogen-bond donors (Lipinski definition) is 0. The Labute approximate surface area is 139 Å². The fraction of sp³-hybridized carbons (Fsp3) is 0.222. The van der Waals surface area contributed by atoms with Gasteiger partial charge in [0.1, 0.15) is 13.2 Å². The molecule has 0 aliphatic carbocycles. The lowest BCUT2D eigenvalue weighted by molar-refractivity contribution is -0.169. The highest BCUT2D eigenvalue weighted by molar-refractivity contribution is 6.29. The molecule has 2 aromatic carbocycles. The zero-order valence-electron chi connectivity index (χ0n) is 13.5. The molecule has 6 heteroatoms. The number of rotatable bonds is 6. The van der Waals surface area contributed by atoms with Crippen molar-refractivity contribution in [3.8, 4) is 11.5 Å². The molecule has 126 valence electrons. The fourth-order valence-corrected chi connectivity index (χ4v) is 1.96. The number of carbonyl (C=O) groups excluding carboxylic acids is 2. The van der Waals surface area contributed by atoms with Crippen LogP contribution in [0.3, 0.4) is 0 Å². The predicted molar refractivity (Wildman–Crippen MR) is 85.6 cm³/mol. The summed E-state index contributed by atoms with van der Waals surface area (Å²) in [6.45, 7) is -0.0508. The third kappa shape index (κ3) is 4.74. The Hall–Kier alpha value is -3.02. The maximum absolute atomic E-state index is 11.7. The summed E-state index contributed by atoms with van der Waals surface area (Å²) in [5, 5.41) is 0.